The van der Waals surface area contributed by atoms with Gasteiger partial charge >= 0.3 is 0 Å². The number of para-hydroxylation sites is 1. The number of halogens is 2. The average Bonchev–Trinajstić information content (AvgIpc) is 2.58. The molecule has 0 fully saturated rings. The Hall–Kier alpha value is -2.57. The molecular formula is C17H15Cl2N3O3. The molecule has 0 saturated heterocycles. The number of nitrogens with zero attached hydrogens (tertiary/aromatic N) is 1. The molecule has 6 nitrogen and oxygen atoms in total. The summed E-state index contributed by atoms with van der Waals surface area (Å²) in [6.45, 7) is 0. The second-order valence-electron chi connectivity index (χ2n) is 5.03. The predicted molar refractivity (Wildman–Crippen MR) is 98.2 cm³/mol. The number of hydrogen-bond acceptors (Lipinski definition) is 4. The number of carbonyl (C=O) groups is 2. The summed E-state index contributed by atoms with van der Waals surface area (Å²) in [5, 5.41) is 16.6. The van der Waals surface area contributed by atoms with Gasteiger partial charge in [-0.2, -0.15) is 5.10 Å². The summed E-state index contributed by atoms with van der Waals surface area (Å²) in [6.07, 6.45) is 1.21. The number of nitrogens with one attached hydrogen (secondary N) is 2. The summed E-state index contributed by atoms with van der Waals surface area (Å²) in [7, 11) is 0. The molecule has 0 aliphatic rings. The first-order chi connectivity index (χ1) is 12.0. The zero-order chi connectivity index (χ0) is 18.2. The third-order valence-electron chi connectivity index (χ3n) is 3.09. The Morgan fingerprint density at radius 2 is 1.76 bits per heavy atom. The number of benzene rings is 2. The molecule has 2 rings (SSSR count). The van der Waals surface area contributed by atoms with Crippen LogP contribution in [0.1, 0.15) is 18.4 Å². The molecule has 0 aliphatic carbocycles. The summed E-state index contributed by atoms with van der Waals surface area (Å²) in [5.74, 6) is -0.900. The van der Waals surface area contributed by atoms with Crippen molar-refractivity contribution in [2.45, 2.75) is 12.8 Å². The number of amides is 2. The van der Waals surface area contributed by atoms with Crippen molar-refractivity contribution in [3.8, 4) is 5.75 Å². The first-order valence-electron chi connectivity index (χ1n) is 7.30. The van der Waals surface area contributed by atoms with Gasteiger partial charge in [0.2, 0.25) is 11.8 Å². The van der Waals surface area contributed by atoms with E-state index in [0.29, 0.717) is 10.7 Å². The molecule has 0 aromatic heterocycles. The van der Waals surface area contributed by atoms with Gasteiger partial charge < -0.3 is 10.4 Å². The molecule has 0 bridgehead atoms. The third-order valence-corrected chi connectivity index (χ3v) is 3.59. The van der Waals surface area contributed by atoms with Crippen molar-refractivity contribution in [2.24, 2.45) is 5.10 Å². The van der Waals surface area contributed by atoms with Crippen molar-refractivity contribution in [1.82, 2.24) is 5.43 Å². The van der Waals surface area contributed by atoms with Crippen LogP contribution in [-0.4, -0.2) is 23.1 Å². The molecule has 0 radical (unpaired) electrons. The first-order valence-corrected chi connectivity index (χ1v) is 8.06. The van der Waals surface area contributed by atoms with Gasteiger partial charge in [0.25, 0.3) is 0 Å². The number of rotatable bonds is 6. The molecule has 3 N–H and O–H groups in total. The van der Waals surface area contributed by atoms with E-state index in [1.165, 1.54) is 18.3 Å². The van der Waals surface area contributed by atoms with Crippen LogP contribution in [0.25, 0.3) is 0 Å². The monoisotopic (exact) mass is 379 g/mol. The van der Waals surface area contributed by atoms with Crippen LogP contribution < -0.4 is 10.7 Å². The quantitative estimate of drug-likeness (QED) is 0.529. The Bertz CT molecular complexity index is 795. The Morgan fingerprint density at radius 3 is 2.48 bits per heavy atom. The summed E-state index contributed by atoms with van der Waals surface area (Å²) in [4.78, 5) is 23.4. The van der Waals surface area contributed by atoms with Crippen LogP contribution in [-0.2, 0) is 9.59 Å². The van der Waals surface area contributed by atoms with Crippen LogP contribution in [0.2, 0.25) is 10.0 Å². The van der Waals surface area contributed by atoms with Crippen LogP contribution in [0.4, 0.5) is 5.69 Å². The van der Waals surface area contributed by atoms with E-state index in [-0.39, 0.29) is 35.1 Å². The Kier molecular flexibility index (Phi) is 6.80. The van der Waals surface area contributed by atoms with E-state index in [9.17, 15) is 14.7 Å². The smallest absolute Gasteiger partial charge is 0.240 e. The van der Waals surface area contributed by atoms with E-state index in [0.717, 1.165) is 0 Å². The lowest BCUT2D eigenvalue weighted by molar-refractivity contribution is -0.124. The zero-order valence-electron chi connectivity index (χ0n) is 13.0. The number of hydrogen-bond donors (Lipinski definition) is 3. The second kappa shape index (κ2) is 9.05. The van der Waals surface area contributed by atoms with Gasteiger partial charge in [-0.15, -0.1) is 0 Å². The van der Waals surface area contributed by atoms with Gasteiger partial charge in [-0.3, -0.25) is 9.59 Å². The second-order valence-corrected chi connectivity index (χ2v) is 5.88. The van der Waals surface area contributed by atoms with Crippen molar-refractivity contribution in [3.05, 3.63) is 58.1 Å². The number of phenolic OH excluding ortho intramolecular Hbond substituents is 1. The largest absolute Gasteiger partial charge is 0.506 e. The number of aromatic hydroxyl groups is 1. The fourth-order valence-electron chi connectivity index (χ4n) is 1.89. The van der Waals surface area contributed by atoms with Crippen LogP contribution in [0.15, 0.2) is 47.6 Å². The highest BCUT2D eigenvalue weighted by Crippen LogP contribution is 2.29. The molecule has 0 aliphatic heterocycles. The van der Waals surface area contributed by atoms with Gasteiger partial charge in [0.1, 0.15) is 5.75 Å². The molecular weight excluding hydrogens is 365 g/mol. The van der Waals surface area contributed by atoms with E-state index >= 15 is 0 Å². The third kappa shape index (κ3) is 6.10. The van der Waals surface area contributed by atoms with Crippen LogP contribution in [0, 0.1) is 0 Å². The molecule has 0 saturated carbocycles. The number of anilines is 1. The molecule has 0 spiro atoms. The van der Waals surface area contributed by atoms with E-state index < -0.39 is 5.91 Å². The number of carbonyl (C=O) groups excluding carboxylic acids is 2. The van der Waals surface area contributed by atoms with Crippen LogP contribution in [0.3, 0.4) is 0 Å². The maximum Gasteiger partial charge on any atom is 0.240 e. The van der Waals surface area contributed by atoms with Crippen LogP contribution in [0.5, 0.6) is 5.75 Å². The Balaban J connectivity index is 1.80. The molecule has 130 valence electrons. The predicted octanol–water partition coefficient (Wildman–Crippen LogP) is 3.57. The highest BCUT2D eigenvalue weighted by molar-refractivity contribution is 6.36. The fourth-order valence-corrected chi connectivity index (χ4v) is 2.40. The molecule has 8 heteroatoms. The van der Waals surface area contributed by atoms with Crippen LogP contribution >= 0.6 is 23.2 Å². The molecule has 0 atom stereocenters. The normalized spacial score (nSPS) is 10.6. The lowest BCUT2D eigenvalue weighted by Crippen LogP contribution is -2.20. The summed E-state index contributed by atoms with van der Waals surface area (Å²) < 4.78 is 0. The fraction of sp³-hybridized carbons (Fsp3) is 0.118. The lowest BCUT2D eigenvalue weighted by Gasteiger charge is -2.04. The van der Waals surface area contributed by atoms with E-state index in [1.54, 1.807) is 24.3 Å². The van der Waals surface area contributed by atoms with Gasteiger partial charge in [-0.25, -0.2) is 5.43 Å². The number of hydrazone groups is 1. The molecule has 0 heterocycles. The lowest BCUT2D eigenvalue weighted by atomic mass is 10.2. The van der Waals surface area contributed by atoms with E-state index in [2.05, 4.69) is 15.8 Å². The number of phenols is 1. The van der Waals surface area contributed by atoms with Gasteiger partial charge in [0, 0.05) is 29.1 Å². The van der Waals surface area contributed by atoms with Gasteiger partial charge in [-0.1, -0.05) is 41.4 Å². The van der Waals surface area contributed by atoms with Gasteiger partial charge in [-0.05, 0) is 24.3 Å². The van der Waals surface area contributed by atoms with Crippen molar-refractivity contribution >= 4 is 46.9 Å². The summed E-state index contributed by atoms with van der Waals surface area (Å²) in [6, 6.07) is 11.8. The Labute approximate surface area is 154 Å². The maximum atomic E-state index is 11.7. The van der Waals surface area contributed by atoms with Crippen molar-refractivity contribution in [1.29, 1.82) is 0 Å². The molecule has 2 amide bonds. The standard InChI is InChI=1S/C17H15Cl2N3O3/c18-12-8-11(17(25)14(19)9-12)10-20-22-16(24)7-6-15(23)21-13-4-2-1-3-5-13/h1-5,8-10,25H,6-7H2,(H,21,23)(H,22,24)/b20-10-. The molecule has 2 aromatic carbocycles. The highest BCUT2D eigenvalue weighted by atomic mass is 35.5. The van der Waals surface area contributed by atoms with Gasteiger partial charge in [0.05, 0.1) is 11.2 Å². The highest BCUT2D eigenvalue weighted by Gasteiger charge is 2.08. The van der Waals surface area contributed by atoms with Gasteiger partial charge in [0.15, 0.2) is 0 Å². The first kappa shape index (κ1) is 18.8. The zero-order valence-corrected chi connectivity index (χ0v) is 14.5. The molecule has 2 aromatic rings. The minimum absolute atomic E-state index is 0.0183. The summed E-state index contributed by atoms with van der Waals surface area (Å²) >= 11 is 11.6. The van der Waals surface area contributed by atoms with E-state index in [4.69, 9.17) is 23.2 Å². The van der Waals surface area contributed by atoms with E-state index in [1.807, 2.05) is 6.07 Å². The van der Waals surface area contributed by atoms with Crippen molar-refractivity contribution in [2.75, 3.05) is 5.32 Å². The maximum absolute atomic E-state index is 11.7. The molecule has 0 unspecified atom stereocenters. The minimum Gasteiger partial charge on any atom is -0.506 e. The van der Waals surface area contributed by atoms with Crippen molar-refractivity contribution in [3.63, 3.8) is 0 Å². The topological polar surface area (TPSA) is 90.8 Å². The molecule has 25 heavy (non-hydrogen) atoms. The minimum atomic E-state index is -0.438. The van der Waals surface area contributed by atoms with Crippen molar-refractivity contribution < 1.29 is 14.7 Å². The summed E-state index contributed by atoms with van der Waals surface area (Å²) in [5.41, 5.74) is 3.20. The Morgan fingerprint density at radius 1 is 1.08 bits per heavy atom. The average molecular weight is 380 g/mol. The SMILES string of the molecule is O=C(CCC(=O)Nc1ccccc1)N/N=C\c1cc(Cl)cc(Cl)c1O.